The number of ether oxygens (including phenoxy) is 5. The summed E-state index contributed by atoms with van der Waals surface area (Å²) in [6.45, 7) is 16.5. The third kappa shape index (κ3) is 9.81. The molecule has 3 fully saturated rings. The quantitative estimate of drug-likeness (QED) is 0.0835. The number of esters is 1. The van der Waals surface area contributed by atoms with E-state index >= 15 is 0 Å². The number of fused-ring (bicyclic) bond motifs is 1. The monoisotopic (exact) mass is 752 g/mol. The minimum Gasteiger partial charge on any atom is -0.458 e. The van der Waals surface area contributed by atoms with E-state index in [-0.39, 0.29) is 50.0 Å². The molecule has 13 atom stereocenters. The maximum Gasteiger partial charge on any atom is 0.410 e. The second-order valence-corrected chi connectivity index (χ2v) is 16.0. The lowest BCUT2D eigenvalue weighted by atomic mass is 9.78. The van der Waals surface area contributed by atoms with Gasteiger partial charge >= 0.3 is 12.1 Å². The predicted octanol–water partition coefficient (Wildman–Crippen LogP) is 4.31. The minimum atomic E-state index is -1.39. The summed E-state index contributed by atoms with van der Waals surface area (Å²) in [7, 11) is 5.28. The maximum atomic E-state index is 14.3. The van der Waals surface area contributed by atoms with E-state index in [4.69, 9.17) is 29.2 Å². The van der Waals surface area contributed by atoms with Gasteiger partial charge in [-0.2, -0.15) is 0 Å². The molecule has 0 aliphatic carbocycles. The number of carbonyl (C=O) groups excluding carboxylic acids is 4. The van der Waals surface area contributed by atoms with Gasteiger partial charge < -0.3 is 38.6 Å². The summed E-state index contributed by atoms with van der Waals surface area (Å²) in [5, 5.41) is 15.0. The first-order valence-electron chi connectivity index (χ1n) is 19.0. The van der Waals surface area contributed by atoms with E-state index in [1.165, 1.54) is 21.0 Å². The molecule has 53 heavy (non-hydrogen) atoms. The number of ketones is 1. The highest BCUT2D eigenvalue weighted by Gasteiger charge is 2.60. The van der Waals surface area contributed by atoms with Crippen molar-refractivity contribution in [1.29, 1.82) is 0 Å². The zero-order chi connectivity index (χ0) is 40.0. The standard InChI is InChI=1S/C37H64N6O10/c1-13-28-37(9)31(42(35(48)53-37)17-15-14-16-39-40-38)25(6)43(26(7)44)20-21(2)19-36(8,49-12)32(23(4)29(45)24(5)33(47)51-28)52-34-30(46)27(41(10)11)18-22(3)50-34/h21-25,27-28,30-32,34,46H,13-20H2,1-12H3/t21-,22?,23+,24-,25-,27?,28-,30?,31-,32-,34+,36+,37-/m1/s1. The zero-order valence-corrected chi connectivity index (χ0v) is 33.8. The Morgan fingerprint density at radius 3 is 2.36 bits per heavy atom. The number of unbranched alkanes of at least 4 members (excludes halogenated alkanes) is 1. The number of hydrogen-bond acceptors (Lipinski definition) is 12. The molecule has 302 valence electrons. The number of azide groups is 1. The number of aliphatic hydroxyl groups is 1. The summed E-state index contributed by atoms with van der Waals surface area (Å²) < 4.78 is 31.2. The van der Waals surface area contributed by atoms with Crippen LogP contribution in [0.5, 0.6) is 0 Å². The van der Waals surface area contributed by atoms with E-state index in [2.05, 4.69) is 10.0 Å². The average Bonchev–Trinajstić information content (AvgIpc) is 3.36. The molecule has 3 heterocycles. The topological polar surface area (TPSA) is 193 Å². The number of likely N-dealkylation sites (N-methyl/N-ethyl adjacent to an activating group) is 1. The number of hydrogen-bond donors (Lipinski definition) is 1. The molecule has 0 radical (unpaired) electrons. The first kappa shape index (κ1) is 44.4. The molecular formula is C37H64N6O10. The van der Waals surface area contributed by atoms with Gasteiger partial charge in [0.15, 0.2) is 17.7 Å². The first-order valence-corrected chi connectivity index (χ1v) is 19.0. The van der Waals surface area contributed by atoms with Crippen LogP contribution in [0.3, 0.4) is 0 Å². The molecule has 0 aromatic heterocycles. The number of carbonyl (C=O) groups is 4. The highest BCUT2D eigenvalue weighted by atomic mass is 16.7. The van der Waals surface area contributed by atoms with Crippen LogP contribution in [-0.2, 0) is 38.1 Å². The smallest absolute Gasteiger partial charge is 0.410 e. The molecule has 3 aliphatic heterocycles. The van der Waals surface area contributed by atoms with E-state index < -0.39 is 77.6 Å². The first-order chi connectivity index (χ1) is 24.8. The van der Waals surface area contributed by atoms with Crippen molar-refractivity contribution in [2.75, 3.05) is 40.8 Å². The number of aliphatic hydroxyl groups excluding tert-OH is 1. The molecule has 0 bridgehead atoms. The van der Waals surface area contributed by atoms with Crippen LogP contribution in [0.15, 0.2) is 5.11 Å². The Hall–Kier alpha value is -3.01. The average molecular weight is 753 g/mol. The molecule has 0 saturated carbocycles. The van der Waals surface area contributed by atoms with Gasteiger partial charge in [0, 0.05) is 50.5 Å². The van der Waals surface area contributed by atoms with Crippen molar-refractivity contribution in [3.8, 4) is 0 Å². The summed E-state index contributed by atoms with van der Waals surface area (Å²) in [6, 6.07) is -1.61. The maximum absolute atomic E-state index is 14.3. The normalized spacial score (nSPS) is 39.1. The van der Waals surface area contributed by atoms with Crippen molar-refractivity contribution in [1.82, 2.24) is 14.7 Å². The summed E-state index contributed by atoms with van der Waals surface area (Å²) in [5.41, 5.74) is 6.15. The van der Waals surface area contributed by atoms with Crippen LogP contribution in [-0.4, -0.2) is 144 Å². The van der Waals surface area contributed by atoms with Gasteiger partial charge in [0.05, 0.1) is 29.9 Å². The number of cyclic esters (lactones) is 1. The fourth-order valence-electron chi connectivity index (χ4n) is 8.72. The van der Waals surface area contributed by atoms with Crippen LogP contribution in [0, 0.1) is 17.8 Å². The van der Waals surface area contributed by atoms with Gasteiger partial charge in [-0.3, -0.25) is 19.3 Å². The van der Waals surface area contributed by atoms with Crippen LogP contribution in [0.4, 0.5) is 4.79 Å². The Kier molecular flexibility index (Phi) is 15.5. The van der Waals surface area contributed by atoms with Gasteiger partial charge in [-0.05, 0) is 92.3 Å². The van der Waals surface area contributed by atoms with E-state index in [0.717, 1.165) is 0 Å². The lowest BCUT2D eigenvalue weighted by Gasteiger charge is -2.47. The molecule has 3 rings (SSSR count). The Morgan fingerprint density at radius 2 is 1.79 bits per heavy atom. The van der Waals surface area contributed by atoms with Gasteiger partial charge in [-0.15, -0.1) is 0 Å². The molecule has 1 N–H and O–H groups in total. The fraction of sp³-hybridized carbons (Fsp3) is 0.892. The van der Waals surface area contributed by atoms with Gasteiger partial charge in [0.2, 0.25) is 5.91 Å². The van der Waals surface area contributed by atoms with E-state index in [9.17, 15) is 24.3 Å². The largest absolute Gasteiger partial charge is 0.458 e. The van der Waals surface area contributed by atoms with Crippen molar-refractivity contribution >= 4 is 23.8 Å². The Balaban J connectivity index is 2.14. The van der Waals surface area contributed by atoms with Crippen molar-refractivity contribution in [2.45, 2.75) is 154 Å². The number of amides is 2. The molecule has 0 aromatic rings. The lowest BCUT2D eigenvalue weighted by Crippen LogP contribution is -2.62. The van der Waals surface area contributed by atoms with Crippen molar-refractivity contribution in [3.05, 3.63) is 10.4 Å². The van der Waals surface area contributed by atoms with E-state index in [0.29, 0.717) is 25.7 Å². The third-order valence-corrected chi connectivity index (χ3v) is 11.6. The Bertz CT molecular complexity index is 1350. The second kappa shape index (κ2) is 18.5. The zero-order valence-electron chi connectivity index (χ0n) is 33.8. The number of nitrogens with zero attached hydrogens (tertiary/aromatic N) is 6. The molecule has 16 nitrogen and oxygen atoms in total. The summed E-state index contributed by atoms with van der Waals surface area (Å²) in [4.78, 5) is 63.4. The molecule has 3 aliphatic rings. The fourth-order valence-corrected chi connectivity index (χ4v) is 8.72. The minimum absolute atomic E-state index is 0.227. The number of methoxy groups -OCH3 is 1. The van der Waals surface area contributed by atoms with Crippen molar-refractivity contribution < 1.29 is 48.0 Å². The second-order valence-electron chi connectivity index (χ2n) is 16.0. The van der Waals surface area contributed by atoms with Gasteiger partial charge in [-0.1, -0.05) is 25.9 Å². The van der Waals surface area contributed by atoms with E-state index in [1.54, 1.807) is 30.6 Å². The summed E-state index contributed by atoms with van der Waals surface area (Å²) in [5.74, 6) is -3.85. The highest BCUT2D eigenvalue weighted by molar-refractivity contribution is 6.00. The molecular weight excluding hydrogens is 688 g/mol. The molecule has 3 unspecified atom stereocenters. The number of rotatable bonds is 10. The SMILES string of the molecule is CC[C@H]1OC(=O)[C@H](C)C(=O)[C@H](C)[C@@H](O[C@@H]2OC(C)CC(N(C)C)C2O)[C@@](C)(OC)C[C@@H](C)CN(C(C)=O)[C@H](C)[C@H]2N(CCCCN=[N+]=[N-])C(=O)O[C@]12C. The number of Topliss-reactive ketones (excluding diaryl/α,β-unsaturated/α-hetero) is 1. The van der Waals surface area contributed by atoms with Crippen molar-refractivity contribution in [2.24, 2.45) is 22.9 Å². The molecule has 0 aromatic carbocycles. The molecule has 2 amide bonds. The Labute approximate surface area is 314 Å². The molecule has 0 spiro atoms. The van der Waals surface area contributed by atoms with E-state index in [1.807, 2.05) is 46.7 Å². The third-order valence-electron chi connectivity index (χ3n) is 11.6. The van der Waals surface area contributed by atoms with Gasteiger partial charge in [0.1, 0.15) is 18.1 Å². The lowest BCUT2D eigenvalue weighted by molar-refractivity contribution is -0.295. The van der Waals surface area contributed by atoms with Gasteiger partial charge in [0.25, 0.3) is 0 Å². The Morgan fingerprint density at radius 1 is 1.13 bits per heavy atom. The molecule has 16 heteroatoms. The summed E-state index contributed by atoms with van der Waals surface area (Å²) in [6.07, 6.45) is -2.76. The van der Waals surface area contributed by atoms with Crippen LogP contribution < -0.4 is 0 Å². The molecule has 3 saturated heterocycles. The van der Waals surface area contributed by atoms with Crippen molar-refractivity contribution in [3.63, 3.8) is 0 Å². The van der Waals surface area contributed by atoms with Crippen LogP contribution in [0.2, 0.25) is 0 Å². The van der Waals surface area contributed by atoms with Crippen LogP contribution in [0.1, 0.15) is 94.4 Å². The van der Waals surface area contributed by atoms with Crippen LogP contribution >= 0.6 is 0 Å². The predicted molar refractivity (Wildman–Crippen MR) is 195 cm³/mol. The van der Waals surface area contributed by atoms with Gasteiger partial charge in [-0.25, -0.2) is 4.79 Å². The van der Waals surface area contributed by atoms with Crippen LogP contribution in [0.25, 0.3) is 10.4 Å². The summed E-state index contributed by atoms with van der Waals surface area (Å²) >= 11 is 0. The highest BCUT2D eigenvalue weighted by Crippen LogP contribution is 2.41.